The number of carbonyl (C=O) groups is 1. The lowest BCUT2D eigenvalue weighted by Gasteiger charge is -2.10. The highest BCUT2D eigenvalue weighted by atomic mass is 16.4. The van der Waals surface area contributed by atoms with Gasteiger partial charge in [-0.2, -0.15) is 0 Å². The van der Waals surface area contributed by atoms with Gasteiger partial charge in [0.2, 0.25) is 5.91 Å². The molecule has 0 spiro atoms. The second-order valence-electron chi connectivity index (χ2n) is 6.86. The topological polar surface area (TPSA) is 59.3 Å². The zero-order valence-corrected chi connectivity index (χ0v) is 15.6. The van der Waals surface area contributed by atoms with E-state index in [1.807, 2.05) is 64.1 Å². The quantitative estimate of drug-likeness (QED) is 0.700. The number of nitrogens with one attached hydrogen (secondary N) is 1. The molecule has 1 amide bonds. The minimum Gasteiger partial charge on any atom is -0.423 e. The maximum atomic E-state index is 12.3. The molecule has 0 saturated carbocycles. The van der Waals surface area contributed by atoms with E-state index in [1.165, 1.54) is 0 Å². The third-order valence-corrected chi connectivity index (χ3v) is 4.71. The molecule has 1 aromatic heterocycles. The molecule has 0 fully saturated rings. The van der Waals surface area contributed by atoms with Crippen molar-refractivity contribution in [2.45, 2.75) is 40.5 Å². The monoisotopic (exact) mass is 349 g/mol. The molecule has 3 aromatic rings. The number of amides is 1. The Morgan fingerprint density at radius 3 is 2.46 bits per heavy atom. The Bertz CT molecular complexity index is 1050. The SMILES string of the molecule is Cc1ccc(C)c(NC(=O)CCc2c(C)c3ccc(C)cc3oc2=O)c1. The van der Waals surface area contributed by atoms with Crippen LogP contribution < -0.4 is 10.9 Å². The number of benzene rings is 2. The number of anilines is 1. The van der Waals surface area contributed by atoms with Crippen LogP contribution in [0.3, 0.4) is 0 Å². The first-order chi connectivity index (χ1) is 12.3. The fraction of sp³-hybridized carbons (Fsp3) is 0.273. The summed E-state index contributed by atoms with van der Waals surface area (Å²) in [6.07, 6.45) is 0.588. The molecule has 4 nitrogen and oxygen atoms in total. The van der Waals surface area contributed by atoms with Crippen molar-refractivity contribution >= 4 is 22.6 Å². The molecule has 1 heterocycles. The van der Waals surface area contributed by atoms with Crippen molar-refractivity contribution < 1.29 is 9.21 Å². The lowest BCUT2D eigenvalue weighted by molar-refractivity contribution is -0.116. The van der Waals surface area contributed by atoms with Gasteiger partial charge in [-0.05, 0) is 68.5 Å². The summed E-state index contributed by atoms with van der Waals surface area (Å²) in [5.74, 6) is -0.110. The van der Waals surface area contributed by atoms with E-state index in [0.717, 1.165) is 33.3 Å². The predicted molar refractivity (Wildman–Crippen MR) is 105 cm³/mol. The summed E-state index contributed by atoms with van der Waals surface area (Å²) in [5, 5.41) is 3.85. The summed E-state index contributed by atoms with van der Waals surface area (Å²) in [6, 6.07) is 11.8. The Hall–Kier alpha value is -2.88. The molecule has 134 valence electrons. The number of hydrogen-bond donors (Lipinski definition) is 1. The third kappa shape index (κ3) is 3.69. The lowest BCUT2D eigenvalue weighted by Crippen LogP contribution is -2.17. The Labute approximate surface area is 152 Å². The molecule has 0 aliphatic heterocycles. The molecule has 4 heteroatoms. The van der Waals surface area contributed by atoms with Gasteiger partial charge < -0.3 is 9.73 Å². The van der Waals surface area contributed by atoms with Crippen LogP contribution in [0.5, 0.6) is 0 Å². The van der Waals surface area contributed by atoms with Crippen molar-refractivity contribution in [3.8, 4) is 0 Å². The van der Waals surface area contributed by atoms with Crippen LogP contribution in [0, 0.1) is 27.7 Å². The second-order valence-corrected chi connectivity index (χ2v) is 6.86. The van der Waals surface area contributed by atoms with E-state index in [9.17, 15) is 9.59 Å². The molecule has 3 rings (SSSR count). The maximum Gasteiger partial charge on any atom is 0.339 e. The van der Waals surface area contributed by atoms with Gasteiger partial charge in [0.1, 0.15) is 5.58 Å². The highest BCUT2D eigenvalue weighted by Gasteiger charge is 2.13. The van der Waals surface area contributed by atoms with E-state index >= 15 is 0 Å². The van der Waals surface area contributed by atoms with E-state index in [4.69, 9.17) is 4.42 Å². The Balaban J connectivity index is 1.79. The van der Waals surface area contributed by atoms with E-state index in [-0.39, 0.29) is 18.0 Å². The zero-order chi connectivity index (χ0) is 18.8. The van der Waals surface area contributed by atoms with Crippen molar-refractivity contribution in [1.29, 1.82) is 0 Å². The van der Waals surface area contributed by atoms with Gasteiger partial charge in [0.05, 0.1) is 0 Å². The highest BCUT2D eigenvalue weighted by molar-refractivity contribution is 5.92. The first-order valence-corrected chi connectivity index (χ1v) is 8.75. The van der Waals surface area contributed by atoms with Gasteiger partial charge in [0, 0.05) is 23.1 Å². The Kier molecular flexibility index (Phi) is 4.94. The fourth-order valence-corrected chi connectivity index (χ4v) is 3.11. The predicted octanol–water partition coefficient (Wildman–Crippen LogP) is 4.60. The normalized spacial score (nSPS) is 10.9. The van der Waals surface area contributed by atoms with Crippen LogP contribution in [0.1, 0.15) is 34.2 Å². The van der Waals surface area contributed by atoms with Gasteiger partial charge in [0.15, 0.2) is 0 Å². The van der Waals surface area contributed by atoms with E-state index in [0.29, 0.717) is 17.6 Å². The fourth-order valence-electron chi connectivity index (χ4n) is 3.11. The molecule has 0 saturated heterocycles. The number of fused-ring (bicyclic) bond motifs is 1. The first kappa shape index (κ1) is 17.9. The first-order valence-electron chi connectivity index (χ1n) is 8.75. The van der Waals surface area contributed by atoms with E-state index in [2.05, 4.69) is 5.32 Å². The minimum atomic E-state index is -0.361. The average molecular weight is 349 g/mol. The summed E-state index contributed by atoms with van der Waals surface area (Å²) in [6.45, 7) is 7.81. The summed E-state index contributed by atoms with van der Waals surface area (Å²) in [5.41, 5.74) is 5.64. The molecule has 1 N–H and O–H groups in total. The molecule has 0 bridgehead atoms. The summed E-state index contributed by atoms with van der Waals surface area (Å²) in [7, 11) is 0. The molecular weight excluding hydrogens is 326 g/mol. The van der Waals surface area contributed by atoms with Crippen LogP contribution in [0.25, 0.3) is 11.0 Å². The van der Waals surface area contributed by atoms with Crippen molar-refractivity contribution in [2.75, 3.05) is 5.32 Å². The van der Waals surface area contributed by atoms with Crippen molar-refractivity contribution in [2.24, 2.45) is 0 Å². The maximum absolute atomic E-state index is 12.3. The summed E-state index contributed by atoms with van der Waals surface area (Å²) < 4.78 is 5.45. The summed E-state index contributed by atoms with van der Waals surface area (Å²) in [4.78, 5) is 24.7. The molecule has 0 aliphatic rings. The van der Waals surface area contributed by atoms with Gasteiger partial charge in [-0.1, -0.05) is 24.3 Å². The number of carbonyl (C=O) groups excluding carboxylic acids is 1. The summed E-state index contributed by atoms with van der Waals surface area (Å²) >= 11 is 0. The van der Waals surface area contributed by atoms with Crippen LogP contribution in [0.4, 0.5) is 5.69 Å². The van der Waals surface area contributed by atoms with Crippen LogP contribution in [-0.2, 0) is 11.2 Å². The van der Waals surface area contributed by atoms with Crippen LogP contribution in [0.2, 0.25) is 0 Å². The molecule has 0 radical (unpaired) electrons. The van der Waals surface area contributed by atoms with Crippen molar-refractivity contribution in [3.63, 3.8) is 0 Å². The van der Waals surface area contributed by atoms with Crippen LogP contribution in [0.15, 0.2) is 45.6 Å². The van der Waals surface area contributed by atoms with Gasteiger partial charge in [0.25, 0.3) is 0 Å². The smallest absolute Gasteiger partial charge is 0.339 e. The molecule has 0 aliphatic carbocycles. The number of aryl methyl sites for hydroxylation is 4. The number of rotatable bonds is 4. The number of hydrogen-bond acceptors (Lipinski definition) is 3. The van der Waals surface area contributed by atoms with Gasteiger partial charge in [-0.15, -0.1) is 0 Å². The van der Waals surface area contributed by atoms with Crippen molar-refractivity contribution in [1.82, 2.24) is 0 Å². The molecular formula is C22H23NO3. The van der Waals surface area contributed by atoms with E-state index in [1.54, 1.807) is 0 Å². The van der Waals surface area contributed by atoms with Gasteiger partial charge in [-0.3, -0.25) is 4.79 Å². The Morgan fingerprint density at radius 2 is 1.69 bits per heavy atom. The van der Waals surface area contributed by atoms with Crippen LogP contribution in [-0.4, -0.2) is 5.91 Å². The molecule has 2 aromatic carbocycles. The Morgan fingerprint density at radius 1 is 1.00 bits per heavy atom. The average Bonchev–Trinajstić information content (AvgIpc) is 2.57. The minimum absolute atomic E-state index is 0.110. The highest BCUT2D eigenvalue weighted by Crippen LogP contribution is 2.22. The zero-order valence-electron chi connectivity index (χ0n) is 15.6. The molecule has 26 heavy (non-hydrogen) atoms. The second kappa shape index (κ2) is 7.16. The van der Waals surface area contributed by atoms with Gasteiger partial charge >= 0.3 is 5.63 Å². The van der Waals surface area contributed by atoms with Crippen molar-refractivity contribution in [3.05, 3.63) is 74.6 Å². The molecule has 0 atom stereocenters. The standard InChI is InChI=1S/C22H23NO3/c1-13-5-7-15(3)19(11-13)23-21(24)10-9-18-16(4)17-8-6-14(2)12-20(17)26-22(18)25/h5-8,11-12H,9-10H2,1-4H3,(H,23,24). The van der Waals surface area contributed by atoms with E-state index < -0.39 is 0 Å². The lowest BCUT2D eigenvalue weighted by atomic mass is 10.0. The third-order valence-electron chi connectivity index (χ3n) is 4.71. The van der Waals surface area contributed by atoms with Crippen LogP contribution >= 0.6 is 0 Å². The molecule has 0 unspecified atom stereocenters. The largest absolute Gasteiger partial charge is 0.423 e. The van der Waals surface area contributed by atoms with Gasteiger partial charge in [-0.25, -0.2) is 4.79 Å².